The van der Waals surface area contributed by atoms with Gasteiger partial charge in [-0.3, -0.25) is 9.59 Å². The van der Waals surface area contributed by atoms with Crippen molar-refractivity contribution in [2.45, 2.75) is 13.1 Å². The minimum Gasteiger partial charge on any atom is -0.395 e. The second kappa shape index (κ2) is 10.5. The molecular weight excluding hydrogens is 380 g/mol. The number of hydrogen-bond acceptors (Lipinski definition) is 6. The highest BCUT2D eigenvalue weighted by Crippen LogP contribution is 2.22. The number of rotatable bonds is 10. The number of aliphatic hydroxyl groups excluding tert-OH is 2. The molecular formula is C24H26N2O4. The van der Waals surface area contributed by atoms with Crippen LogP contribution >= 0.6 is 0 Å². The number of hydrogen-bond donors (Lipinski definition) is 2. The lowest BCUT2D eigenvalue weighted by atomic mass is 10.0. The highest BCUT2D eigenvalue weighted by Gasteiger charge is 2.27. The summed E-state index contributed by atoms with van der Waals surface area (Å²) in [6.07, 6.45) is 2.68. The van der Waals surface area contributed by atoms with Crippen LogP contribution in [-0.2, 0) is 22.7 Å². The SMILES string of the molecule is O=C1C=C(N(CCO)Cc2ccccc2)C(=O)C=C1N(CCO)Cc1ccccc1. The smallest absolute Gasteiger partial charge is 0.204 e. The molecule has 2 aromatic carbocycles. The van der Waals surface area contributed by atoms with Gasteiger partial charge in [-0.25, -0.2) is 0 Å². The molecule has 6 nitrogen and oxygen atoms in total. The number of carbonyl (C=O) groups excluding carboxylic acids is 2. The zero-order chi connectivity index (χ0) is 21.3. The Morgan fingerprint density at radius 1 is 0.600 bits per heavy atom. The largest absolute Gasteiger partial charge is 0.395 e. The molecule has 0 aliphatic heterocycles. The van der Waals surface area contributed by atoms with E-state index in [-0.39, 0.29) is 49.3 Å². The maximum absolute atomic E-state index is 12.9. The van der Waals surface area contributed by atoms with Crippen LogP contribution in [0.4, 0.5) is 0 Å². The first-order chi connectivity index (χ1) is 14.6. The van der Waals surface area contributed by atoms with Crippen LogP contribution in [0.3, 0.4) is 0 Å². The van der Waals surface area contributed by atoms with Crippen molar-refractivity contribution in [1.82, 2.24) is 9.80 Å². The van der Waals surface area contributed by atoms with E-state index < -0.39 is 0 Å². The highest BCUT2D eigenvalue weighted by atomic mass is 16.3. The van der Waals surface area contributed by atoms with Crippen LogP contribution in [0.1, 0.15) is 11.1 Å². The van der Waals surface area contributed by atoms with Gasteiger partial charge in [-0.05, 0) is 11.1 Å². The molecule has 6 heteroatoms. The van der Waals surface area contributed by atoms with Gasteiger partial charge in [-0.2, -0.15) is 0 Å². The van der Waals surface area contributed by atoms with E-state index in [4.69, 9.17) is 0 Å². The van der Waals surface area contributed by atoms with Crippen molar-refractivity contribution in [1.29, 1.82) is 0 Å². The molecule has 0 fully saturated rings. The zero-order valence-electron chi connectivity index (χ0n) is 16.8. The van der Waals surface area contributed by atoms with E-state index in [2.05, 4.69) is 0 Å². The highest BCUT2D eigenvalue weighted by molar-refractivity contribution is 6.19. The summed E-state index contributed by atoms with van der Waals surface area (Å²) in [6, 6.07) is 19.2. The van der Waals surface area contributed by atoms with Gasteiger partial charge < -0.3 is 20.0 Å². The number of benzene rings is 2. The Morgan fingerprint density at radius 2 is 0.967 bits per heavy atom. The molecule has 30 heavy (non-hydrogen) atoms. The molecule has 0 aromatic heterocycles. The maximum Gasteiger partial charge on any atom is 0.204 e. The normalized spacial score (nSPS) is 13.7. The third-order valence-corrected chi connectivity index (χ3v) is 4.89. The Bertz CT molecular complexity index is 845. The summed E-state index contributed by atoms with van der Waals surface area (Å²) in [7, 11) is 0. The summed E-state index contributed by atoms with van der Waals surface area (Å²) in [5.74, 6) is -0.574. The fourth-order valence-corrected chi connectivity index (χ4v) is 3.45. The molecule has 2 aromatic rings. The van der Waals surface area contributed by atoms with Crippen molar-refractivity contribution in [2.75, 3.05) is 26.3 Å². The van der Waals surface area contributed by atoms with Gasteiger partial charge in [0.25, 0.3) is 0 Å². The molecule has 0 amide bonds. The van der Waals surface area contributed by atoms with Crippen LogP contribution in [0, 0.1) is 0 Å². The number of nitrogens with zero attached hydrogens (tertiary/aromatic N) is 2. The number of allylic oxidation sites excluding steroid dienone is 2. The van der Waals surface area contributed by atoms with Crippen LogP contribution in [-0.4, -0.2) is 57.9 Å². The van der Waals surface area contributed by atoms with Crippen molar-refractivity contribution in [3.63, 3.8) is 0 Å². The molecule has 0 saturated carbocycles. The molecule has 156 valence electrons. The molecule has 0 bridgehead atoms. The summed E-state index contributed by atoms with van der Waals surface area (Å²) in [5.41, 5.74) is 2.50. The van der Waals surface area contributed by atoms with Gasteiger partial charge >= 0.3 is 0 Å². The summed E-state index contributed by atoms with van der Waals surface area (Å²) >= 11 is 0. The number of aliphatic hydroxyl groups is 2. The average molecular weight is 406 g/mol. The van der Waals surface area contributed by atoms with Crippen molar-refractivity contribution < 1.29 is 19.8 Å². The molecule has 0 atom stereocenters. The zero-order valence-corrected chi connectivity index (χ0v) is 16.8. The summed E-state index contributed by atoms with van der Waals surface area (Å²) < 4.78 is 0. The van der Waals surface area contributed by atoms with Crippen molar-refractivity contribution >= 4 is 11.6 Å². The van der Waals surface area contributed by atoms with Crippen molar-refractivity contribution in [3.05, 3.63) is 95.3 Å². The molecule has 0 unspecified atom stereocenters. The Morgan fingerprint density at radius 3 is 1.30 bits per heavy atom. The van der Waals surface area contributed by atoms with E-state index in [1.165, 1.54) is 12.2 Å². The third kappa shape index (κ3) is 5.43. The van der Waals surface area contributed by atoms with Gasteiger partial charge in [-0.15, -0.1) is 0 Å². The van der Waals surface area contributed by atoms with Crippen LogP contribution in [0.5, 0.6) is 0 Å². The van der Waals surface area contributed by atoms with E-state index in [1.807, 2.05) is 60.7 Å². The standard InChI is InChI=1S/C24H26N2O4/c27-13-11-25(17-19-7-3-1-4-8-19)21-15-24(30)22(16-23(21)29)26(12-14-28)18-20-9-5-2-6-10-20/h1-10,15-16,27-28H,11-14,17-18H2. The van der Waals surface area contributed by atoms with Gasteiger partial charge in [-0.1, -0.05) is 60.7 Å². The molecule has 1 aliphatic carbocycles. The lowest BCUT2D eigenvalue weighted by Gasteiger charge is -2.30. The monoisotopic (exact) mass is 406 g/mol. The van der Waals surface area contributed by atoms with Gasteiger partial charge in [0.2, 0.25) is 11.6 Å². The minimum absolute atomic E-state index is 0.132. The molecule has 2 N–H and O–H groups in total. The Balaban J connectivity index is 1.81. The first-order valence-corrected chi connectivity index (χ1v) is 9.94. The van der Waals surface area contributed by atoms with Crippen molar-refractivity contribution in [2.24, 2.45) is 0 Å². The predicted molar refractivity (Wildman–Crippen MR) is 114 cm³/mol. The number of ketones is 2. The first-order valence-electron chi connectivity index (χ1n) is 9.94. The summed E-state index contributed by atoms with van der Waals surface area (Å²) in [4.78, 5) is 29.3. The van der Waals surface area contributed by atoms with Crippen LogP contribution in [0.25, 0.3) is 0 Å². The molecule has 0 saturated heterocycles. The summed E-state index contributed by atoms with van der Waals surface area (Å²) in [5, 5.41) is 18.9. The minimum atomic E-state index is -0.287. The molecule has 3 rings (SSSR count). The second-order valence-electron chi connectivity index (χ2n) is 7.05. The third-order valence-electron chi connectivity index (χ3n) is 4.89. The Kier molecular flexibility index (Phi) is 7.54. The van der Waals surface area contributed by atoms with Gasteiger partial charge in [0.1, 0.15) is 0 Å². The Hall–Kier alpha value is -3.22. The fraction of sp³-hybridized carbons (Fsp3) is 0.250. The molecule has 0 radical (unpaired) electrons. The first kappa shape index (κ1) is 21.5. The molecule has 0 spiro atoms. The topological polar surface area (TPSA) is 81.1 Å². The van der Waals surface area contributed by atoms with Gasteiger partial charge in [0.05, 0.1) is 24.6 Å². The van der Waals surface area contributed by atoms with E-state index in [0.29, 0.717) is 13.1 Å². The van der Waals surface area contributed by atoms with Crippen LogP contribution < -0.4 is 0 Å². The van der Waals surface area contributed by atoms with Crippen LogP contribution in [0.2, 0.25) is 0 Å². The number of carbonyl (C=O) groups is 2. The second-order valence-corrected chi connectivity index (χ2v) is 7.05. The molecule has 0 heterocycles. The van der Waals surface area contributed by atoms with E-state index in [9.17, 15) is 19.8 Å². The van der Waals surface area contributed by atoms with Crippen LogP contribution in [0.15, 0.2) is 84.2 Å². The maximum atomic E-state index is 12.9. The lowest BCUT2D eigenvalue weighted by molar-refractivity contribution is -0.117. The predicted octanol–water partition coefficient (Wildman–Crippen LogP) is 1.90. The van der Waals surface area contributed by atoms with Gasteiger partial charge in [0.15, 0.2) is 0 Å². The van der Waals surface area contributed by atoms with Crippen molar-refractivity contribution in [3.8, 4) is 0 Å². The Labute approximate surface area is 176 Å². The average Bonchev–Trinajstić information content (AvgIpc) is 2.76. The fourth-order valence-electron chi connectivity index (χ4n) is 3.45. The lowest BCUT2D eigenvalue weighted by Crippen LogP contribution is -2.36. The van der Waals surface area contributed by atoms with E-state index in [0.717, 1.165) is 11.1 Å². The van der Waals surface area contributed by atoms with E-state index in [1.54, 1.807) is 9.80 Å². The van der Waals surface area contributed by atoms with E-state index >= 15 is 0 Å². The quantitative estimate of drug-likeness (QED) is 0.587. The van der Waals surface area contributed by atoms with Gasteiger partial charge in [0, 0.05) is 38.3 Å². The summed E-state index contributed by atoms with van der Waals surface area (Å²) in [6.45, 7) is 1.06. The molecule has 1 aliphatic rings.